The first-order valence-corrected chi connectivity index (χ1v) is 8.15. The highest BCUT2D eigenvalue weighted by Crippen LogP contribution is 2.36. The van der Waals surface area contributed by atoms with Crippen molar-refractivity contribution in [3.05, 3.63) is 27.7 Å². The number of aromatic nitrogens is 4. The van der Waals surface area contributed by atoms with Gasteiger partial charge in [0.25, 0.3) is 0 Å². The van der Waals surface area contributed by atoms with Crippen LogP contribution >= 0.6 is 11.3 Å². The second kappa shape index (κ2) is 5.61. The topological polar surface area (TPSA) is 55.6 Å². The summed E-state index contributed by atoms with van der Waals surface area (Å²) in [6, 6.07) is 0.874. The van der Waals surface area contributed by atoms with Crippen molar-refractivity contribution in [1.29, 1.82) is 0 Å². The van der Waals surface area contributed by atoms with E-state index in [-0.39, 0.29) is 6.04 Å². The Kier molecular flexibility index (Phi) is 3.85. The fourth-order valence-electron chi connectivity index (χ4n) is 2.38. The van der Waals surface area contributed by atoms with Gasteiger partial charge in [0.2, 0.25) is 0 Å². The molecule has 0 unspecified atom stereocenters. The molecule has 6 heteroatoms. The molecule has 5 nitrogen and oxygen atoms in total. The van der Waals surface area contributed by atoms with Crippen LogP contribution in [0.15, 0.2) is 5.38 Å². The average molecular weight is 291 g/mol. The summed E-state index contributed by atoms with van der Waals surface area (Å²) in [5.41, 5.74) is 1.13. The van der Waals surface area contributed by atoms with Gasteiger partial charge in [0.05, 0.1) is 17.2 Å². The molecule has 1 atom stereocenters. The predicted molar refractivity (Wildman–Crippen MR) is 79.8 cm³/mol. The van der Waals surface area contributed by atoms with Gasteiger partial charge in [-0.1, -0.05) is 6.92 Å². The highest BCUT2D eigenvalue weighted by Gasteiger charge is 2.28. The van der Waals surface area contributed by atoms with Gasteiger partial charge in [-0.25, -0.2) is 4.98 Å². The molecule has 1 fully saturated rings. The van der Waals surface area contributed by atoms with Crippen molar-refractivity contribution in [3.8, 4) is 0 Å². The van der Waals surface area contributed by atoms with E-state index < -0.39 is 0 Å². The van der Waals surface area contributed by atoms with Gasteiger partial charge in [-0.2, -0.15) is 0 Å². The standard InChI is InChI=1S/C14H21N5S/c1-4-14-16-12(8-20-14)9(2)15-7-13-18-17-10(3)19(13)11-5-6-11/h8-9,11,15H,4-7H2,1-3H3/t9-/m1/s1. The third kappa shape index (κ3) is 2.76. The lowest BCUT2D eigenvalue weighted by Crippen LogP contribution is -2.21. The molecular weight excluding hydrogens is 270 g/mol. The maximum Gasteiger partial charge on any atom is 0.147 e. The molecule has 0 radical (unpaired) electrons. The fraction of sp³-hybridized carbons (Fsp3) is 0.643. The smallest absolute Gasteiger partial charge is 0.147 e. The van der Waals surface area contributed by atoms with Crippen LogP contribution in [0, 0.1) is 6.92 Å². The molecule has 1 N–H and O–H groups in total. The highest BCUT2D eigenvalue weighted by atomic mass is 32.1. The lowest BCUT2D eigenvalue weighted by molar-refractivity contribution is 0.526. The average Bonchev–Trinajstić information content (AvgIpc) is 3.04. The maximum atomic E-state index is 4.63. The molecule has 108 valence electrons. The number of aryl methyl sites for hydroxylation is 2. The van der Waals surface area contributed by atoms with Crippen molar-refractivity contribution in [2.45, 2.75) is 58.7 Å². The fourth-order valence-corrected chi connectivity index (χ4v) is 3.22. The van der Waals surface area contributed by atoms with Crippen LogP contribution in [0.5, 0.6) is 0 Å². The Hall–Kier alpha value is -1.27. The molecule has 0 spiro atoms. The third-order valence-electron chi connectivity index (χ3n) is 3.73. The maximum absolute atomic E-state index is 4.63. The van der Waals surface area contributed by atoms with E-state index in [9.17, 15) is 0 Å². The SMILES string of the molecule is CCc1nc([C@@H](C)NCc2nnc(C)n2C2CC2)cs1. The summed E-state index contributed by atoms with van der Waals surface area (Å²) < 4.78 is 2.28. The van der Waals surface area contributed by atoms with E-state index >= 15 is 0 Å². The largest absolute Gasteiger partial charge is 0.311 e. The van der Waals surface area contributed by atoms with Crippen LogP contribution in [0.1, 0.15) is 61.1 Å². The van der Waals surface area contributed by atoms with E-state index in [1.165, 1.54) is 17.8 Å². The Morgan fingerprint density at radius 2 is 2.25 bits per heavy atom. The van der Waals surface area contributed by atoms with Gasteiger partial charge in [-0.3, -0.25) is 0 Å². The normalized spacial score (nSPS) is 16.6. The van der Waals surface area contributed by atoms with Crippen molar-refractivity contribution in [2.24, 2.45) is 0 Å². The summed E-state index contributed by atoms with van der Waals surface area (Å²) in [4.78, 5) is 4.63. The Morgan fingerprint density at radius 3 is 2.90 bits per heavy atom. The Bertz CT molecular complexity index is 584. The number of nitrogens with zero attached hydrogens (tertiary/aromatic N) is 4. The summed E-state index contributed by atoms with van der Waals surface area (Å²) in [6.45, 7) is 7.07. The molecule has 1 saturated carbocycles. The second-order valence-corrected chi connectivity index (χ2v) is 6.33. The molecule has 3 rings (SSSR count). The summed E-state index contributed by atoms with van der Waals surface area (Å²) in [5, 5.41) is 15.4. The minimum absolute atomic E-state index is 0.246. The molecule has 0 bridgehead atoms. The Balaban J connectivity index is 1.64. The summed E-state index contributed by atoms with van der Waals surface area (Å²) >= 11 is 1.74. The van der Waals surface area contributed by atoms with Crippen molar-refractivity contribution in [1.82, 2.24) is 25.1 Å². The zero-order chi connectivity index (χ0) is 14.1. The zero-order valence-corrected chi connectivity index (χ0v) is 13.1. The van der Waals surface area contributed by atoms with Crippen LogP contribution in [0.3, 0.4) is 0 Å². The lowest BCUT2D eigenvalue weighted by Gasteiger charge is -2.12. The van der Waals surface area contributed by atoms with Crippen molar-refractivity contribution >= 4 is 11.3 Å². The second-order valence-electron chi connectivity index (χ2n) is 5.39. The van der Waals surface area contributed by atoms with Crippen LogP contribution in [0.2, 0.25) is 0 Å². The molecule has 1 aliphatic carbocycles. The highest BCUT2D eigenvalue weighted by molar-refractivity contribution is 7.09. The van der Waals surface area contributed by atoms with Gasteiger partial charge >= 0.3 is 0 Å². The molecule has 20 heavy (non-hydrogen) atoms. The van der Waals surface area contributed by atoms with E-state index in [0.717, 1.165) is 30.3 Å². The number of nitrogens with one attached hydrogen (secondary N) is 1. The van der Waals surface area contributed by atoms with Crippen LogP contribution in [0.4, 0.5) is 0 Å². The molecule has 0 saturated heterocycles. The molecular formula is C14H21N5S. The van der Waals surface area contributed by atoms with E-state index in [2.05, 4.69) is 44.3 Å². The lowest BCUT2D eigenvalue weighted by atomic mass is 10.2. The molecule has 1 aliphatic rings. The van der Waals surface area contributed by atoms with Crippen molar-refractivity contribution < 1.29 is 0 Å². The molecule has 2 aromatic heterocycles. The van der Waals surface area contributed by atoms with E-state index in [0.29, 0.717) is 6.04 Å². The third-order valence-corrected chi connectivity index (χ3v) is 4.74. The van der Waals surface area contributed by atoms with Gasteiger partial charge < -0.3 is 9.88 Å². The predicted octanol–water partition coefficient (Wildman–Crippen LogP) is 2.79. The Morgan fingerprint density at radius 1 is 1.45 bits per heavy atom. The van der Waals surface area contributed by atoms with E-state index in [1.54, 1.807) is 11.3 Å². The van der Waals surface area contributed by atoms with Gasteiger partial charge in [0.1, 0.15) is 11.6 Å². The first kappa shape index (κ1) is 13.7. The van der Waals surface area contributed by atoms with Crippen LogP contribution in [0.25, 0.3) is 0 Å². The first-order chi connectivity index (χ1) is 9.69. The van der Waals surface area contributed by atoms with Gasteiger partial charge in [-0.05, 0) is 33.1 Å². The first-order valence-electron chi connectivity index (χ1n) is 7.27. The minimum Gasteiger partial charge on any atom is -0.311 e. The number of hydrogen-bond acceptors (Lipinski definition) is 5. The van der Waals surface area contributed by atoms with E-state index in [4.69, 9.17) is 0 Å². The molecule has 2 aromatic rings. The zero-order valence-electron chi connectivity index (χ0n) is 12.3. The summed E-state index contributed by atoms with van der Waals surface area (Å²) in [5.74, 6) is 2.07. The number of thiazole rings is 1. The van der Waals surface area contributed by atoms with Gasteiger partial charge in [0, 0.05) is 17.5 Å². The van der Waals surface area contributed by atoms with Crippen LogP contribution in [-0.4, -0.2) is 19.7 Å². The van der Waals surface area contributed by atoms with E-state index in [1.807, 2.05) is 6.92 Å². The molecule has 0 aliphatic heterocycles. The quantitative estimate of drug-likeness (QED) is 0.889. The monoisotopic (exact) mass is 291 g/mol. The molecule has 0 amide bonds. The molecule has 2 heterocycles. The number of rotatable bonds is 6. The molecule has 0 aromatic carbocycles. The van der Waals surface area contributed by atoms with Crippen LogP contribution < -0.4 is 5.32 Å². The van der Waals surface area contributed by atoms with Crippen molar-refractivity contribution in [3.63, 3.8) is 0 Å². The van der Waals surface area contributed by atoms with Gasteiger partial charge in [-0.15, -0.1) is 21.5 Å². The minimum atomic E-state index is 0.246. The van der Waals surface area contributed by atoms with Crippen LogP contribution in [-0.2, 0) is 13.0 Å². The van der Waals surface area contributed by atoms with Crippen molar-refractivity contribution in [2.75, 3.05) is 0 Å². The summed E-state index contributed by atoms with van der Waals surface area (Å²) in [6.07, 6.45) is 3.52. The Labute approximate surface area is 123 Å². The van der Waals surface area contributed by atoms with Gasteiger partial charge in [0.15, 0.2) is 0 Å². The summed E-state index contributed by atoms with van der Waals surface area (Å²) in [7, 11) is 0. The number of hydrogen-bond donors (Lipinski definition) is 1.